The second-order valence-corrected chi connectivity index (χ2v) is 5.01. The van der Waals surface area contributed by atoms with Gasteiger partial charge in [-0.25, -0.2) is 4.79 Å². The third-order valence-electron chi connectivity index (χ3n) is 2.72. The first-order valence-corrected chi connectivity index (χ1v) is 6.57. The first-order valence-electron chi connectivity index (χ1n) is 6.20. The second-order valence-electron chi connectivity index (χ2n) is 4.57. The Morgan fingerprint density at radius 3 is 2.64 bits per heavy atom. The molecule has 122 valence electrons. The summed E-state index contributed by atoms with van der Waals surface area (Å²) in [7, 11) is 1.39. The number of carbonyl (C=O) groups is 2. The van der Waals surface area contributed by atoms with Crippen molar-refractivity contribution in [3.63, 3.8) is 0 Å². The van der Waals surface area contributed by atoms with Gasteiger partial charge in [0.15, 0.2) is 5.75 Å². The van der Waals surface area contributed by atoms with Crippen molar-refractivity contribution in [3.8, 4) is 5.75 Å². The average molecular weight is 337 g/mol. The molecule has 0 aliphatic rings. The molecule has 1 aromatic rings. The van der Waals surface area contributed by atoms with Gasteiger partial charge in [-0.05, 0) is 12.1 Å². The van der Waals surface area contributed by atoms with Crippen LogP contribution in [0.4, 0.5) is 19.3 Å². The van der Waals surface area contributed by atoms with E-state index in [1.807, 2.05) is 0 Å². The molecule has 0 heterocycles. The molecule has 0 aliphatic carbocycles. The fraction of sp³-hybridized carbons (Fsp3) is 0.385. The quantitative estimate of drug-likeness (QED) is 0.836. The summed E-state index contributed by atoms with van der Waals surface area (Å²) in [5, 5.41) is 11.3. The number of benzene rings is 1. The molecule has 0 fully saturated rings. The van der Waals surface area contributed by atoms with Gasteiger partial charge in [0, 0.05) is 24.7 Å². The maximum atomic E-state index is 12.3. The minimum Gasteiger partial charge on any atom is -0.481 e. The van der Waals surface area contributed by atoms with E-state index in [1.54, 1.807) is 0 Å². The van der Waals surface area contributed by atoms with Crippen LogP contribution in [0.25, 0.3) is 0 Å². The highest BCUT2D eigenvalue weighted by molar-refractivity contribution is 6.30. The van der Waals surface area contributed by atoms with Crippen molar-refractivity contribution in [2.24, 2.45) is 5.92 Å². The first-order chi connectivity index (χ1) is 10.2. The third kappa shape index (κ3) is 5.36. The van der Waals surface area contributed by atoms with E-state index in [4.69, 9.17) is 16.7 Å². The minimum atomic E-state index is -3.07. The standard InChI is InChI=1S/C13H15ClF2N2O4/c1-7(11(19)20)6-18(2)13(21)17-9-4-3-8(14)5-10(9)22-12(15)16/h3-5,7,12H,6H2,1-2H3,(H,17,21)(H,19,20). The summed E-state index contributed by atoms with van der Waals surface area (Å²) in [5.41, 5.74) is 0.00419. The van der Waals surface area contributed by atoms with E-state index in [-0.39, 0.29) is 23.0 Å². The lowest BCUT2D eigenvalue weighted by molar-refractivity contribution is -0.141. The number of carboxylic acids is 1. The zero-order valence-corrected chi connectivity index (χ0v) is 12.6. The van der Waals surface area contributed by atoms with Gasteiger partial charge in [-0.3, -0.25) is 4.79 Å². The van der Waals surface area contributed by atoms with E-state index in [0.29, 0.717) is 0 Å². The lowest BCUT2D eigenvalue weighted by Crippen LogP contribution is -2.36. The van der Waals surface area contributed by atoms with Crippen LogP contribution in [0.3, 0.4) is 0 Å². The van der Waals surface area contributed by atoms with Crippen LogP contribution in [-0.2, 0) is 4.79 Å². The summed E-state index contributed by atoms with van der Waals surface area (Å²) < 4.78 is 29.0. The molecule has 1 rings (SSSR count). The van der Waals surface area contributed by atoms with Crippen LogP contribution < -0.4 is 10.1 Å². The van der Waals surface area contributed by atoms with Gasteiger partial charge in [0.1, 0.15) is 0 Å². The molecule has 0 spiro atoms. The van der Waals surface area contributed by atoms with E-state index in [2.05, 4.69) is 10.1 Å². The lowest BCUT2D eigenvalue weighted by atomic mass is 10.2. The highest BCUT2D eigenvalue weighted by Gasteiger charge is 2.19. The SMILES string of the molecule is CC(CN(C)C(=O)Nc1ccc(Cl)cc1OC(F)F)C(=O)O. The normalized spacial score (nSPS) is 11.9. The molecule has 0 bridgehead atoms. The summed E-state index contributed by atoms with van der Waals surface area (Å²) in [5.74, 6) is -2.10. The highest BCUT2D eigenvalue weighted by Crippen LogP contribution is 2.29. The molecule has 9 heteroatoms. The van der Waals surface area contributed by atoms with E-state index in [9.17, 15) is 18.4 Å². The van der Waals surface area contributed by atoms with Gasteiger partial charge in [-0.2, -0.15) is 8.78 Å². The second kappa shape index (κ2) is 7.79. The summed E-state index contributed by atoms with van der Waals surface area (Å²) in [6.45, 7) is -1.67. The Morgan fingerprint density at radius 1 is 1.45 bits per heavy atom. The van der Waals surface area contributed by atoms with Crippen LogP contribution in [0.15, 0.2) is 18.2 Å². The van der Waals surface area contributed by atoms with Gasteiger partial charge >= 0.3 is 18.6 Å². The Kier molecular flexibility index (Phi) is 6.36. The van der Waals surface area contributed by atoms with Crippen LogP contribution in [-0.4, -0.2) is 42.2 Å². The summed E-state index contributed by atoms with van der Waals surface area (Å²) in [6, 6.07) is 3.19. The lowest BCUT2D eigenvalue weighted by Gasteiger charge is -2.21. The highest BCUT2D eigenvalue weighted by atomic mass is 35.5. The Hall–Kier alpha value is -2.09. The smallest absolute Gasteiger partial charge is 0.387 e. The van der Waals surface area contributed by atoms with E-state index in [0.717, 1.165) is 11.0 Å². The molecule has 0 saturated heterocycles. The number of nitrogens with zero attached hydrogens (tertiary/aromatic N) is 1. The number of hydrogen-bond acceptors (Lipinski definition) is 3. The Bertz CT molecular complexity index is 557. The fourth-order valence-corrected chi connectivity index (χ4v) is 1.74. The van der Waals surface area contributed by atoms with Crippen molar-refractivity contribution in [2.75, 3.05) is 18.9 Å². The van der Waals surface area contributed by atoms with Crippen LogP contribution in [0, 0.1) is 5.92 Å². The Labute approximate surface area is 130 Å². The summed E-state index contributed by atoms with van der Waals surface area (Å²) in [6.07, 6.45) is 0. The van der Waals surface area contributed by atoms with E-state index >= 15 is 0 Å². The number of hydrogen-bond donors (Lipinski definition) is 2. The Morgan fingerprint density at radius 2 is 2.09 bits per heavy atom. The van der Waals surface area contributed by atoms with Crippen molar-refractivity contribution in [3.05, 3.63) is 23.2 Å². The molecule has 0 aliphatic heterocycles. The van der Waals surface area contributed by atoms with Crippen molar-refractivity contribution in [2.45, 2.75) is 13.5 Å². The number of nitrogens with one attached hydrogen (secondary N) is 1. The minimum absolute atomic E-state index is 0.00419. The average Bonchev–Trinajstić information content (AvgIpc) is 2.40. The van der Waals surface area contributed by atoms with Crippen LogP contribution in [0.2, 0.25) is 5.02 Å². The third-order valence-corrected chi connectivity index (χ3v) is 2.95. The number of amides is 2. The predicted octanol–water partition coefficient (Wildman–Crippen LogP) is 3.13. The predicted molar refractivity (Wildman–Crippen MR) is 76.5 cm³/mol. The number of ether oxygens (including phenoxy) is 1. The summed E-state index contributed by atoms with van der Waals surface area (Å²) >= 11 is 5.69. The van der Waals surface area contributed by atoms with Crippen LogP contribution in [0.1, 0.15) is 6.92 Å². The van der Waals surface area contributed by atoms with Gasteiger partial charge in [0.05, 0.1) is 11.6 Å². The largest absolute Gasteiger partial charge is 0.481 e. The van der Waals surface area contributed by atoms with Gasteiger partial charge in [0.25, 0.3) is 0 Å². The molecule has 0 radical (unpaired) electrons. The molecule has 0 aromatic heterocycles. The number of carbonyl (C=O) groups excluding carboxylic acids is 1. The number of halogens is 3. The van der Waals surface area contributed by atoms with E-state index < -0.39 is 24.5 Å². The zero-order valence-electron chi connectivity index (χ0n) is 11.8. The molecular weight excluding hydrogens is 322 g/mol. The van der Waals surface area contributed by atoms with Gasteiger partial charge in [-0.15, -0.1) is 0 Å². The van der Waals surface area contributed by atoms with Crippen molar-refractivity contribution in [1.29, 1.82) is 0 Å². The molecule has 22 heavy (non-hydrogen) atoms. The molecular formula is C13H15ClF2N2O4. The monoisotopic (exact) mass is 336 g/mol. The number of rotatable bonds is 6. The number of anilines is 1. The van der Waals surface area contributed by atoms with E-state index in [1.165, 1.54) is 26.1 Å². The molecule has 2 N–H and O–H groups in total. The summed E-state index contributed by atoms with van der Waals surface area (Å²) in [4.78, 5) is 23.8. The molecule has 2 amide bonds. The Balaban J connectivity index is 2.81. The maximum absolute atomic E-state index is 12.3. The van der Waals surface area contributed by atoms with Crippen molar-refractivity contribution in [1.82, 2.24) is 4.90 Å². The first kappa shape index (κ1) is 18.0. The zero-order chi connectivity index (χ0) is 16.9. The van der Waals surface area contributed by atoms with Gasteiger partial charge in [-0.1, -0.05) is 18.5 Å². The number of aliphatic carboxylic acids is 1. The number of urea groups is 1. The molecule has 6 nitrogen and oxygen atoms in total. The molecule has 1 unspecified atom stereocenters. The van der Waals surface area contributed by atoms with Gasteiger partial charge < -0.3 is 20.1 Å². The van der Waals surface area contributed by atoms with Crippen molar-refractivity contribution >= 4 is 29.3 Å². The van der Waals surface area contributed by atoms with Crippen LogP contribution >= 0.6 is 11.6 Å². The van der Waals surface area contributed by atoms with Gasteiger partial charge in [0.2, 0.25) is 0 Å². The molecule has 1 atom stereocenters. The number of alkyl halides is 2. The maximum Gasteiger partial charge on any atom is 0.387 e. The van der Waals surface area contributed by atoms with Crippen molar-refractivity contribution < 1.29 is 28.2 Å². The van der Waals surface area contributed by atoms with Crippen LogP contribution in [0.5, 0.6) is 5.75 Å². The molecule has 1 aromatic carbocycles. The fourth-order valence-electron chi connectivity index (χ4n) is 1.58. The molecule has 0 saturated carbocycles. The topological polar surface area (TPSA) is 78.9 Å². The number of carboxylic acid groups (broad SMARTS) is 1.